The van der Waals surface area contributed by atoms with E-state index in [4.69, 9.17) is 14.2 Å². The molecule has 4 rings (SSSR count). The zero-order valence-electron chi connectivity index (χ0n) is 18.2. The fourth-order valence-electron chi connectivity index (χ4n) is 3.25. The Morgan fingerprint density at radius 3 is 2.21 bits per heavy atom. The van der Waals surface area contributed by atoms with Gasteiger partial charge in [0.1, 0.15) is 5.75 Å². The molecule has 2 amide bonds. The molecule has 0 saturated heterocycles. The maximum absolute atomic E-state index is 12.4. The van der Waals surface area contributed by atoms with Crippen LogP contribution >= 0.6 is 0 Å². The minimum atomic E-state index is -0.223. The minimum absolute atomic E-state index is 0.0752. The molecule has 1 heterocycles. The van der Waals surface area contributed by atoms with Gasteiger partial charge in [-0.25, -0.2) is 0 Å². The zero-order chi connectivity index (χ0) is 23.0. The van der Waals surface area contributed by atoms with Crippen molar-refractivity contribution in [1.29, 1.82) is 0 Å². The summed E-state index contributed by atoms with van der Waals surface area (Å²) in [6.07, 6.45) is 0.822. The molecule has 0 unspecified atom stereocenters. The van der Waals surface area contributed by atoms with Crippen molar-refractivity contribution in [2.75, 3.05) is 42.8 Å². The van der Waals surface area contributed by atoms with Crippen molar-refractivity contribution in [3.63, 3.8) is 0 Å². The Morgan fingerprint density at radius 2 is 1.48 bits per heavy atom. The predicted octanol–water partition coefficient (Wildman–Crippen LogP) is 4.16. The van der Waals surface area contributed by atoms with Crippen LogP contribution in [0.3, 0.4) is 0 Å². The largest absolute Gasteiger partial charge is 0.497 e. The van der Waals surface area contributed by atoms with E-state index >= 15 is 0 Å². The predicted molar refractivity (Wildman–Crippen MR) is 127 cm³/mol. The van der Waals surface area contributed by atoms with Crippen LogP contribution in [0.5, 0.6) is 17.2 Å². The van der Waals surface area contributed by atoms with Crippen LogP contribution in [0.25, 0.3) is 0 Å². The van der Waals surface area contributed by atoms with Gasteiger partial charge in [0.15, 0.2) is 11.5 Å². The molecule has 0 fully saturated rings. The van der Waals surface area contributed by atoms with E-state index in [1.54, 1.807) is 73.8 Å². The standard InChI is InChI=1S/C25H25N3O5/c1-31-21-10-7-19(8-11-21)28-25(30)17-3-5-18(6-4-17)26-16-24(29)27-20-9-12-22-23(15-20)33-14-2-13-32-22/h3-12,15,26H,2,13-14,16H2,1H3,(H,27,29)(H,28,30). The highest BCUT2D eigenvalue weighted by Crippen LogP contribution is 2.32. The molecule has 170 valence electrons. The Bertz CT molecular complexity index is 1110. The van der Waals surface area contributed by atoms with Crippen LogP contribution in [0, 0.1) is 0 Å². The molecule has 8 nitrogen and oxygen atoms in total. The van der Waals surface area contributed by atoms with Crippen molar-refractivity contribution in [2.24, 2.45) is 0 Å². The van der Waals surface area contributed by atoms with E-state index in [2.05, 4.69) is 16.0 Å². The third-order valence-corrected chi connectivity index (χ3v) is 4.98. The lowest BCUT2D eigenvalue weighted by Gasteiger charge is -2.11. The first-order valence-electron chi connectivity index (χ1n) is 10.6. The molecular formula is C25H25N3O5. The lowest BCUT2D eigenvalue weighted by molar-refractivity contribution is -0.114. The molecular weight excluding hydrogens is 422 g/mol. The van der Waals surface area contributed by atoms with Crippen LogP contribution in [0.1, 0.15) is 16.8 Å². The first-order chi connectivity index (χ1) is 16.1. The Balaban J connectivity index is 1.27. The molecule has 0 bridgehead atoms. The zero-order valence-corrected chi connectivity index (χ0v) is 18.2. The van der Waals surface area contributed by atoms with E-state index in [-0.39, 0.29) is 18.4 Å². The first kappa shape index (κ1) is 22.0. The lowest BCUT2D eigenvalue weighted by atomic mass is 10.2. The monoisotopic (exact) mass is 447 g/mol. The molecule has 3 aromatic carbocycles. The van der Waals surface area contributed by atoms with E-state index in [1.165, 1.54) is 0 Å². The van der Waals surface area contributed by atoms with Gasteiger partial charge in [0.05, 0.1) is 26.9 Å². The van der Waals surface area contributed by atoms with Crippen molar-refractivity contribution < 1.29 is 23.8 Å². The summed E-state index contributed by atoms with van der Waals surface area (Å²) in [5.74, 6) is 1.60. The van der Waals surface area contributed by atoms with Gasteiger partial charge in [-0.3, -0.25) is 9.59 Å². The summed E-state index contributed by atoms with van der Waals surface area (Å²) in [4.78, 5) is 24.8. The van der Waals surface area contributed by atoms with Gasteiger partial charge in [0.25, 0.3) is 5.91 Å². The van der Waals surface area contributed by atoms with Gasteiger partial charge in [-0.2, -0.15) is 0 Å². The normalized spacial score (nSPS) is 12.3. The van der Waals surface area contributed by atoms with Crippen molar-refractivity contribution in [3.8, 4) is 17.2 Å². The van der Waals surface area contributed by atoms with E-state index in [0.717, 1.165) is 17.9 Å². The summed E-state index contributed by atoms with van der Waals surface area (Å²) in [5.41, 5.74) is 2.55. The van der Waals surface area contributed by atoms with Crippen LogP contribution in [0.2, 0.25) is 0 Å². The van der Waals surface area contributed by atoms with E-state index in [0.29, 0.717) is 41.7 Å². The van der Waals surface area contributed by atoms with Crippen LogP contribution in [-0.2, 0) is 4.79 Å². The quantitative estimate of drug-likeness (QED) is 0.503. The third kappa shape index (κ3) is 5.94. The number of nitrogens with one attached hydrogen (secondary N) is 3. The Hall–Kier alpha value is -4.20. The second-order valence-electron chi connectivity index (χ2n) is 7.37. The highest BCUT2D eigenvalue weighted by atomic mass is 16.5. The number of carbonyl (C=O) groups excluding carboxylic acids is 2. The fourth-order valence-corrected chi connectivity index (χ4v) is 3.25. The molecule has 0 aromatic heterocycles. The van der Waals surface area contributed by atoms with Gasteiger partial charge in [0, 0.05) is 35.1 Å². The number of fused-ring (bicyclic) bond motifs is 1. The second-order valence-corrected chi connectivity index (χ2v) is 7.37. The number of benzene rings is 3. The SMILES string of the molecule is COc1ccc(NC(=O)c2ccc(NCC(=O)Nc3ccc4c(c3)OCCCO4)cc2)cc1. The molecule has 1 aliphatic rings. The van der Waals surface area contributed by atoms with E-state index < -0.39 is 0 Å². The molecule has 0 spiro atoms. The smallest absolute Gasteiger partial charge is 0.255 e. The molecule has 0 saturated carbocycles. The van der Waals surface area contributed by atoms with Crippen molar-refractivity contribution in [2.45, 2.75) is 6.42 Å². The van der Waals surface area contributed by atoms with Crippen LogP contribution < -0.4 is 30.2 Å². The van der Waals surface area contributed by atoms with Gasteiger partial charge < -0.3 is 30.2 Å². The van der Waals surface area contributed by atoms with Gasteiger partial charge in [-0.05, 0) is 60.7 Å². The van der Waals surface area contributed by atoms with Crippen molar-refractivity contribution in [1.82, 2.24) is 0 Å². The van der Waals surface area contributed by atoms with Crippen LogP contribution in [-0.4, -0.2) is 38.7 Å². The third-order valence-electron chi connectivity index (χ3n) is 4.98. The van der Waals surface area contributed by atoms with Crippen molar-refractivity contribution >= 4 is 28.9 Å². The number of hydrogen-bond donors (Lipinski definition) is 3. The van der Waals surface area contributed by atoms with Gasteiger partial charge in [-0.15, -0.1) is 0 Å². The molecule has 33 heavy (non-hydrogen) atoms. The minimum Gasteiger partial charge on any atom is -0.497 e. The second kappa shape index (κ2) is 10.4. The summed E-state index contributed by atoms with van der Waals surface area (Å²) in [6, 6.07) is 19.3. The van der Waals surface area contributed by atoms with Crippen LogP contribution in [0.4, 0.5) is 17.1 Å². The lowest BCUT2D eigenvalue weighted by Crippen LogP contribution is -2.21. The highest BCUT2D eigenvalue weighted by Gasteiger charge is 2.12. The number of methoxy groups -OCH3 is 1. The average molecular weight is 447 g/mol. The summed E-state index contributed by atoms with van der Waals surface area (Å²) < 4.78 is 16.4. The number of carbonyl (C=O) groups is 2. The molecule has 0 radical (unpaired) electrons. The summed E-state index contributed by atoms with van der Waals surface area (Å²) >= 11 is 0. The fraction of sp³-hybridized carbons (Fsp3) is 0.200. The summed E-state index contributed by atoms with van der Waals surface area (Å²) in [6.45, 7) is 1.27. The Kier molecular flexibility index (Phi) is 6.94. The van der Waals surface area contributed by atoms with Gasteiger partial charge in [-0.1, -0.05) is 0 Å². The van der Waals surface area contributed by atoms with Crippen molar-refractivity contribution in [3.05, 3.63) is 72.3 Å². The molecule has 3 N–H and O–H groups in total. The molecule has 0 aliphatic carbocycles. The first-order valence-corrected chi connectivity index (χ1v) is 10.6. The number of amides is 2. The molecule has 8 heteroatoms. The number of anilines is 3. The van der Waals surface area contributed by atoms with Crippen LogP contribution in [0.15, 0.2) is 66.7 Å². The average Bonchev–Trinajstić information content (AvgIpc) is 3.08. The Morgan fingerprint density at radius 1 is 0.818 bits per heavy atom. The van der Waals surface area contributed by atoms with Gasteiger partial charge >= 0.3 is 0 Å². The topological polar surface area (TPSA) is 97.9 Å². The van der Waals surface area contributed by atoms with Gasteiger partial charge in [0.2, 0.25) is 5.91 Å². The summed E-state index contributed by atoms with van der Waals surface area (Å²) in [7, 11) is 1.59. The molecule has 3 aromatic rings. The number of ether oxygens (including phenoxy) is 3. The Labute approximate surface area is 191 Å². The maximum Gasteiger partial charge on any atom is 0.255 e. The maximum atomic E-state index is 12.4. The van der Waals surface area contributed by atoms with E-state index in [9.17, 15) is 9.59 Å². The molecule has 0 atom stereocenters. The van der Waals surface area contributed by atoms with E-state index in [1.807, 2.05) is 0 Å². The number of hydrogen-bond acceptors (Lipinski definition) is 6. The highest BCUT2D eigenvalue weighted by molar-refractivity contribution is 6.04. The summed E-state index contributed by atoms with van der Waals surface area (Å²) in [5, 5.41) is 8.72. The molecule has 1 aliphatic heterocycles. The number of rotatable bonds is 7.